The van der Waals surface area contributed by atoms with Gasteiger partial charge < -0.3 is 10.4 Å². The van der Waals surface area contributed by atoms with E-state index >= 15 is 0 Å². The SMILES string of the molecule is C[C@@H]1C(c2ccc(F)cc2)=[N+]([O-])[C@@](C)(c2cccc([N+](=O)[O-])c2)N1O. The van der Waals surface area contributed by atoms with Crippen molar-refractivity contribution < 1.29 is 19.3 Å². The van der Waals surface area contributed by atoms with Crippen molar-refractivity contribution in [3.05, 3.63) is 80.8 Å². The number of nitro groups is 1. The van der Waals surface area contributed by atoms with Gasteiger partial charge in [0.1, 0.15) is 11.9 Å². The summed E-state index contributed by atoms with van der Waals surface area (Å²) in [6.07, 6.45) is 0. The monoisotopic (exact) mass is 345 g/mol. The molecule has 2 aromatic carbocycles. The van der Waals surface area contributed by atoms with Gasteiger partial charge in [-0.25, -0.2) is 4.39 Å². The Morgan fingerprint density at radius 1 is 1.28 bits per heavy atom. The number of benzene rings is 2. The molecule has 0 radical (unpaired) electrons. The summed E-state index contributed by atoms with van der Waals surface area (Å²) in [6.45, 7) is 3.11. The van der Waals surface area contributed by atoms with Gasteiger partial charge in [-0.2, -0.15) is 4.74 Å². The number of nitro benzene ring substituents is 1. The normalized spacial score (nSPS) is 23.9. The van der Waals surface area contributed by atoms with E-state index < -0.39 is 22.4 Å². The van der Waals surface area contributed by atoms with Crippen LogP contribution in [0.5, 0.6) is 0 Å². The Labute approximate surface area is 142 Å². The maximum absolute atomic E-state index is 13.2. The highest BCUT2D eigenvalue weighted by Gasteiger charge is 2.54. The van der Waals surface area contributed by atoms with Gasteiger partial charge in [-0.3, -0.25) is 10.1 Å². The van der Waals surface area contributed by atoms with Gasteiger partial charge in [0.2, 0.25) is 5.71 Å². The molecule has 1 aliphatic heterocycles. The van der Waals surface area contributed by atoms with Crippen LogP contribution in [0, 0.1) is 21.1 Å². The van der Waals surface area contributed by atoms with Gasteiger partial charge in [-0.05, 0) is 37.3 Å². The number of hydrogen-bond acceptors (Lipinski definition) is 5. The van der Waals surface area contributed by atoms with Crippen molar-refractivity contribution in [3.63, 3.8) is 0 Å². The van der Waals surface area contributed by atoms with Crippen LogP contribution in [-0.2, 0) is 5.66 Å². The van der Waals surface area contributed by atoms with E-state index in [1.54, 1.807) is 13.0 Å². The quantitative estimate of drug-likeness (QED) is 0.399. The number of rotatable bonds is 3. The number of non-ortho nitro benzene ring substituents is 1. The molecule has 0 bridgehead atoms. The fourth-order valence-corrected chi connectivity index (χ4v) is 3.13. The minimum atomic E-state index is -1.55. The van der Waals surface area contributed by atoms with Gasteiger partial charge in [0.05, 0.1) is 4.92 Å². The summed E-state index contributed by atoms with van der Waals surface area (Å²) in [7, 11) is 0. The molecule has 0 saturated heterocycles. The molecule has 0 aromatic heterocycles. The smallest absolute Gasteiger partial charge is 0.274 e. The highest BCUT2D eigenvalue weighted by molar-refractivity contribution is 6.01. The highest BCUT2D eigenvalue weighted by atomic mass is 19.1. The average Bonchev–Trinajstić information content (AvgIpc) is 2.78. The molecular formula is C17H16FN3O4. The maximum Gasteiger partial charge on any atom is 0.274 e. The van der Waals surface area contributed by atoms with E-state index in [-0.39, 0.29) is 17.0 Å². The van der Waals surface area contributed by atoms with Gasteiger partial charge >= 0.3 is 0 Å². The molecule has 1 N–H and O–H groups in total. The molecule has 0 aliphatic carbocycles. The Morgan fingerprint density at radius 3 is 2.52 bits per heavy atom. The summed E-state index contributed by atoms with van der Waals surface area (Å²) in [6, 6.07) is 10.3. The van der Waals surface area contributed by atoms with Gasteiger partial charge in [0, 0.05) is 30.2 Å². The zero-order chi connectivity index (χ0) is 18.4. The molecule has 2 atom stereocenters. The van der Waals surface area contributed by atoms with Crippen LogP contribution < -0.4 is 0 Å². The molecule has 0 fully saturated rings. The second kappa shape index (κ2) is 5.91. The maximum atomic E-state index is 13.2. The Hall–Kier alpha value is -2.84. The van der Waals surface area contributed by atoms with Crippen molar-refractivity contribution in [1.82, 2.24) is 5.06 Å². The Kier molecular flexibility index (Phi) is 4.02. The van der Waals surface area contributed by atoms with Crippen LogP contribution in [-0.4, -0.2) is 31.7 Å². The third kappa shape index (κ3) is 2.55. The Balaban J connectivity index is 2.16. The summed E-state index contributed by atoms with van der Waals surface area (Å²) in [5.74, 6) is -0.435. The van der Waals surface area contributed by atoms with E-state index in [0.29, 0.717) is 10.3 Å². The summed E-state index contributed by atoms with van der Waals surface area (Å²) in [4.78, 5) is 10.5. The van der Waals surface area contributed by atoms with E-state index in [4.69, 9.17) is 0 Å². The highest BCUT2D eigenvalue weighted by Crippen LogP contribution is 2.37. The van der Waals surface area contributed by atoms with Crippen LogP contribution in [0.25, 0.3) is 0 Å². The molecule has 0 spiro atoms. The summed E-state index contributed by atoms with van der Waals surface area (Å²) in [5, 5.41) is 35.5. The molecular weight excluding hydrogens is 329 g/mol. The second-order valence-corrected chi connectivity index (χ2v) is 6.04. The lowest BCUT2D eigenvalue weighted by Crippen LogP contribution is -2.45. The van der Waals surface area contributed by atoms with E-state index in [2.05, 4.69) is 0 Å². The summed E-state index contributed by atoms with van der Waals surface area (Å²) in [5.41, 5.74) is -0.727. The second-order valence-electron chi connectivity index (χ2n) is 6.04. The molecule has 7 nitrogen and oxygen atoms in total. The largest absolute Gasteiger partial charge is 0.622 e. The van der Waals surface area contributed by atoms with Crippen molar-refractivity contribution in [2.45, 2.75) is 25.6 Å². The van der Waals surface area contributed by atoms with E-state index in [0.717, 1.165) is 5.06 Å². The van der Waals surface area contributed by atoms with Crippen LogP contribution in [0.15, 0.2) is 48.5 Å². The predicted octanol–water partition coefficient (Wildman–Crippen LogP) is 3.00. The first kappa shape index (κ1) is 17.0. The van der Waals surface area contributed by atoms with Crippen molar-refractivity contribution in [3.8, 4) is 0 Å². The number of hydrogen-bond donors (Lipinski definition) is 1. The van der Waals surface area contributed by atoms with Crippen LogP contribution in [0.2, 0.25) is 0 Å². The molecule has 3 rings (SSSR count). The van der Waals surface area contributed by atoms with Gasteiger partial charge in [-0.15, -0.1) is 5.06 Å². The average molecular weight is 345 g/mol. The van der Waals surface area contributed by atoms with E-state index in [1.165, 1.54) is 49.4 Å². The zero-order valence-corrected chi connectivity index (χ0v) is 13.6. The molecule has 1 heterocycles. The number of halogens is 1. The van der Waals surface area contributed by atoms with Crippen molar-refractivity contribution >= 4 is 11.4 Å². The van der Waals surface area contributed by atoms with E-state index in [1.807, 2.05) is 0 Å². The standard InChI is InChI=1S/C17H16FN3O4/c1-11-16(12-6-8-14(18)9-7-12)20(23)17(2,19(11)22)13-4-3-5-15(10-13)21(24)25/h3-11,22H,1-2H3/t11-,17+/m1/s1. The molecule has 0 unspecified atom stereocenters. The third-order valence-corrected chi connectivity index (χ3v) is 4.57. The van der Waals surface area contributed by atoms with Crippen LogP contribution in [0.1, 0.15) is 25.0 Å². The first-order valence-corrected chi connectivity index (χ1v) is 7.60. The Bertz CT molecular complexity index is 868. The lowest BCUT2D eigenvalue weighted by molar-refractivity contribution is -0.595. The Morgan fingerprint density at radius 2 is 1.92 bits per heavy atom. The van der Waals surface area contributed by atoms with Crippen molar-refractivity contribution in [1.29, 1.82) is 0 Å². The zero-order valence-electron chi connectivity index (χ0n) is 13.6. The molecule has 0 saturated carbocycles. The number of nitrogens with zero attached hydrogens (tertiary/aromatic N) is 3. The van der Waals surface area contributed by atoms with E-state index in [9.17, 15) is 24.9 Å². The molecule has 25 heavy (non-hydrogen) atoms. The molecule has 0 amide bonds. The minimum absolute atomic E-state index is 0.177. The summed E-state index contributed by atoms with van der Waals surface area (Å²) >= 11 is 0. The molecule has 1 aliphatic rings. The number of hydroxylamine groups is 3. The fourth-order valence-electron chi connectivity index (χ4n) is 3.13. The lowest BCUT2D eigenvalue weighted by atomic mass is 10.0. The van der Waals surface area contributed by atoms with Crippen LogP contribution in [0.4, 0.5) is 10.1 Å². The molecule has 2 aromatic rings. The predicted molar refractivity (Wildman–Crippen MR) is 87.7 cm³/mol. The minimum Gasteiger partial charge on any atom is -0.622 e. The lowest BCUT2D eigenvalue weighted by Gasteiger charge is -2.29. The van der Waals surface area contributed by atoms with Crippen molar-refractivity contribution in [2.75, 3.05) is 0 Å². The first-order chi connectivity index (χ1) is 11.8. The van der Waals surface area contributed by atoms with Crippen LogP contribution in [0.3, 0.4) is 0 Å². The van der Waals surface area contributed by atoms with Gasteiger partial charge in [0.15, 0.2) is 0 Å². The third-order valence-electron chi connectivity index (χ3n) is 4.57. The first-order valence-electron chi connectivity index (χ1n) is 7.60. The van der Waals surface area contributed by atoms with Crippen LogP contribution >= 0.6 is 0 Å². The molecule has 8 heteroatoms. The topological polar surface area (TPSA) is 92.7 Å². The summed E-state index contributed by atoms with van der Waals surface area (Å²) < 4.78 is 13.8. The van der Waals surface area contributed by atoms with Gasteiger partial charge in [0.25, 0.3) is 11.4 Å². The molecule has 130 valence electrons. The van der Waals surface area contributed by atoms with Crippen molar-refractivity contribution in [2.24, 2.45) is 0 Å². The van der Waals surface area contributed by atoms with Gasteiger partial charge in [-0.1, -0.05) is 6.07 Å². The fraction of sp³-hybridized carbons (Fsp3) is 0.235.